The number of hydrogen-bond acceptors (Lipinski definition) is 2. The molecular formula is C15H16ClNO2. The molecule has 3 nitrogen and oxygen atoms in total. The van der Waals surface area contributed by atoms with Crippen LogP contribution in [-0.4, -0.2) is 29.8 Å². The Balaban J connectivity index is 2.18. The fourth-order valence-corrected chi connectivity index (χ4v) is 2.21. The average molecular weight is 278 g/mol. The van der Waals surface area contributed by atoms with E-state index in [0.717, 1.165) is 17.0 Å². The number of nitrogens with zero attached hydrogens (tertiary/aromatic N) is 1. The molecule has 1 unspecified atom stereocenters. The molecule has 19 heavy (non-hydrogen) atoms. The van der Waals surface area contributed by atoms with Crippen LogP contribution in [-0.2, 0) is 4.79 Å². The van der Waals surface area contributed by atoms with E-state index in [9.17, 15) is 4.79 Å². The van der Waals surface area contributed by atoms with Crippen LogP contribution in [0.15, 0.2) is 43.0 Å². The first kappa shape index (κ1) is 13.7. The van der Waals surface area contributed by atoms with Crippen molar-refractivity contribution in [1.29, 1.82) is 0 Å². The number of halogens is 1. The largest absolute Gasteiger partial charge is 0.490 e. The predicted octanol–water partition coefficient (Wildman–Crippen LogP) is 3.06. The summed E-state index contributed by atoms with van der Waals surface area (Å²) in [6, 6.07) is 7.63. The normalized spacial score (nSPS) is 19.1. The number of rotatable bonds is 4. The van der Waals surface area contributed by atoms with E-state index in [1.54, 1.807) is 18.0 Å². The lowest BCUT2D eigenvalue weighted by Gasteiger charge is -2.27. The van der Waals surface area contributed by atoms with Gasteiger partial charge >= 0.3 is 0 Å². The predicted molar refractivity (Wildman–Crippen MR) is 77.1 cm³/mol. The minimum atomic E-state index is -0.455. The van der Waals surface area contributed by atoms with E-state index in [0.29, 0.717) is 13.0 Å². The fraction of sp³-hybridized carbons (Fsp3) is 0.267. The maximum absolute atomic E-state index is 11.8. The summed E-state index contributed by atoms with van der Waals surface area (Å²) in [5, 5.41) is -0.455. The Kier molecular flexibility index (Phi) is 4.27. The Hall–Kier alpha value is -1.74. The zero-order chi connectivity index (χ0) is 13.8. The Bertz CT molecular complexity index is 507. The van der Waals surface area contributed by atoms with Crippen LogP contribution in [0.4, 0.5) is 0 Å². The first-order valence-electron chi connectivity index (χ1n) is 6.09. The van der Waals surface area contributed by atoms with Crippen LogP contribution in [0.2, 0.25) is 0 Å². The molecule has 0 aromatic heterocycles. The van der Waals surface area contributed by atoms with Crippen molar-refractivity contribution in [3.63, 3.8) is 0 Å². The number of amides is 1. The molecule has 0 spiro atoms. The topological polar surface area (TPSA) is 29.5 Å². The molecule has 0 aliphatic carbocycles. The highest BCUT2D eigenvalue weighted by atomic mass is 35.5. The monoisotopic (exact) mass is 277 g/mol. The standard InChI is InChI=1S/C15H16ClNO2/c1-3-10-19-12-6-4-11(5-7-12)14-9-8-13(16)15(18)17(14)2/h3-7,9,13H,1,8,10H2,2H3. The van der Waals surface area contributed by atoms with Crippen LogP contribution in [0.3, 0.4) is 0 Å². The van der Waals surface area contributed by atoms with Crippen LogP contribution >= 0.6 is 11.6 Å². The van der Waals surface area contributed by atoms with Gasteiger partial charge in [0.1, 0.15) is 17.7 Å². The number of hydrogen-bond donors (Lipinski definition) is 0. The number of carbonyl (C=O) groups is 1. The van der Waals surface area contributed by atoms with Crippen molar-refractivity contribution < 1.29 is 9.53 Å². The third-order valence-electron chi connectivity index (χ3n) is 3.00. The summed E-state index contributed by atoms with van der Waals surface area (Å²) >= 11 is 5.93. The van der Waals surface area contributed by atoms with E-state index in [1.807, 2.05) is 30.3 Å². The first-order chi connectivity index (χ1) is 9.13. The van der Waals surface area contributed by atoms with Crippen molar-refractivity contribution in [2.45, 2.75) is 11.8 Å². The summed E-state index contributed by atoms with van der Waals surface area (Å²) in [4.78, 5) is 13.4. The van der Waals surface area contributed by atoms with Gasteiger partial charge in [0.15, 0.2) is 0 Å². The minimum Gasteiger partial charge on any atom is -0.490 e. The summed E-state index contributed by atoms with van der Waals surface area (Å²) in [5.41, 5.74) is 1.86. The lowest BCUT2D eigenvalue weighted by atomic mass is 10.0. The van der Waals surface area contributed by atoms with Gasteiger partial charge in [0, 0.05) is 12.7 Å². The zero-order valence-corrected chi connectivity index (χ0v) is 11.6. The van der Waals surface area contributed by atoms with E-state index in [-0.39, 0.29) is 5.91 Å². The molecule has 2 rings (SSSR count). The van der Waals surface area contributed by atoms with Gasteiger partial charge in [0.05, 0.1) is 0 Å². The number of carbonyl (C=O) groups excluding carboxylic acids is 1. The van der Waals surface area contributed by atoms with E-state index in [4.69, 9.17) is 16.3 Å². The van der Waals surface area contributed by atoms with E-state index < -0.39 is 5.38 Å². The van der Waals surface area contributed by atoms with Gasteiger partial charge in [-0.3, -0.25) is 4.79 Å². The van der Waals surface area contributed by atoms with Crippen molar-refractivity contribution in [1.82, 2.24) is 4.90 Å². The third-order valence-corrected chi connectivity index (χ3v) is 3.36. The van der Waals surface area contributed by atoms with Crippen LogP contribution in [0.5, 0.6) is 5.75 Å². The van der Waals surface area contributed by atoms with Gasteiger partial charge in [-0.1, -0.05) is 18.7 Å². The Labute approximate surface area is 118 Å². The average Bonchev–Trinajstić information content (AvgIpc) is 2.44. The molecule has 1 amide bonds. The molecule has 1 aliphatic rings. The molecule has 0 N–H and O–H groups in total. The van der Waals surface area contributed by atoms with Crippen LogP contribution in [0.25, 0.3) is 5.70 Å². The van der Waals surface area contributed by atoms with Gasteiger partial charge in [-0.2, -0.15) is 0 Å². The fourth-order valence-electron chi connectivity index (χ4n) is 1.97. The zero-order valence-electron chi connectivity index (χ0n) is 10.8. The molecule has 1 heterocycles. The second-order valence-electron chi connectivity index (χ2n) is 4.31. The lowest BCUT2D eigenvalue weighted by Crippen LogP contribution is -2.35. The second-order valence-corrected chi connectivity index (χ2v) is 4.84. The first-order valence-corrected chi connectivity index (χ1v) is 6.53. The van der Waals surface area contributed by atoms with Gasteiger partial charge < -0.3 is 9.64 Å². The smallest absolute Gasteiger partial charge is 0.245 e. The number of alkyl halides is 1. The molecular weight excluding hydrogens is 262 g/mol. The summed E-state index contributed by atoms with van der Waals surface area (Å²) in [7, 11) is 1.74. The van der Waals surface area contributed by atoms with Gasteiger partial charge in [-0.15, -0.1) is 11.6 Å². The molecule has 1 aromatic rings. The maximum Gasteiger partial charge on any atom is 0.245 e. The quantitative estimate of drug-likeness (QED) is 0.625. The lowest BCUT2D eigenvalue weighted by molar-refractivity contribution is -0.126. The van der Waals surface area contributed by atoms with Crippen molar-refractivity contribution in [2.75, 3.05) is 13.7 Å². The highest BCUT2D eigenvalue weighted by Crippen LogP contribution is 2.27. The van der Waals surface area contributed by atoms with Crippen molar-refractivity contribution in [3.8, 4) is 5.75 Å². The number of benzene rings is 1. The molecule has 4 heteroatoms. The van der Waals surface area contributed by atoms with Gasteiger partial charge in [0.2, 0.25) is 5.91 Å². The summed E-state index contributed by atoms with van der Waals surface area (Å²) in [5.74, 6) is 0.718. The minimum absolute atomic E-state index is 0.0637. The summed E-state index contributed by atoms with van der Waals surface area (Å²) < 4.78 is 5.42. The highest BCUT2D eigenvalue weighted by Gasteiger charge is 2.26. The molecule has 0 bridgehead atoms. The second kappa shape index (κ2) is 5.93. The number of ether oxygens (including phenoxy) is 1. The molecule has 100 valence electrons. The SMILES string of the molecule is C=CCOc1ccc(C2=CCC(Cl)C(=O)N2C)cc1. The van der Waals surface area contributed by atoms with Gasteiger partial charge in [-0.25, -0.2) is 0 Å². The maximum atomic E-state index is 11.8. The Morgan fingerprint density at radius 3 is 2.79 bits per heavy atom. The van der Waals surface area contributed by atoms with E-state index in [2.05, 4.69) is 6.58 Å². The summed E-state index contributed by atoms with van der Waals surface area (Å²) in [6.07, 6.45) is 4.25. The van der Waals surface area contributed by atoms with Crippen molar-refractivity contribution in [2.24, 2.45) is 0 Å². The van der Waals surface area contributed by atoms with E-state index in [1.165, 1.54) is 0 Å². The molecule has 1 aromatic carbocycles. The number of allylic oxidation sites excluding steroid dienone is 1. The highest BCUT2D eigenvalue weighted by molar-refractivity contribution is 6.31. The molecule has 0 radical (unpaired) electrons. The Morgan fingerprint density at radius 1 is 1.47 bits per heavy atom. The van der Waals surface area contributed by atoms with Crippen LogP contribution in [0, 0.1) is 0 Å². The van der Waals surface area contributed by atoms with Crippen molar-refractivity contribution >= 4 is 23.2 Å². The third kappa shape index (κ3) is 2.99. The molecule has 0 saturated carbocycles. The van der Waals surface area contributed by atoms with Crippen LogP contribution < -0.4 is 4.74 Å². The molecule has 1 atom stereocenters. The Morgan fingerprint density at radius 2 is 2.16 bits per heavy atom. The summed E-state index contributed by atoms with van der Waals surface area (Å²) in [6.45, 7) is 4.08. The molecule has 0 saturated heterocycles. The van der Waals surface area contributed by atoms with E-state index >= 15 is 0 Å². The van der Waals surface area contributed by atoms with Crippen molar-refractivity contribution in [3.05, 3.63) is 48.6 Å². The van der Waals surface area contributed by atoms with Crippen LogP contribution in [0.1, 0.15) is 12.0 Å². The molecule has 0 fully saturated rings. The van der Waals surface area contributed by atoms with Gasteiger partial charge in [0.25, 0.3) is 0 Å². The van der Waals surface area contributed by atoms with Gasteiger partial charge in [-0.05, 0) is 36.2 Å². The molecule has 1 aliphatic heterocycles.